The molecular weight excluding hydrogens is 300 g/mol. The normalized spacial score (nSPS) is 21.6. The highest BCUT2D eigenvalue weighted by Gasteiger charge is 2.35. The third-order valence-corrected chi connectivity index (χ3v) is 4.88. The van der Waals surface area contributed by atoms with Crippen LogP contribution in [-0.4, -0.2) is 34.8 Å². The molecule has 2 heterocycles. The number of carbonyl (C=O) groups excluding carboxylic acids is 1. The Morgan fingerprint density at radius 3 is 2.92 bits per heavy atom. The van der Waals surface area contributed by atoms with Crippen LogP contribution in [0.15, 0.2) is 36.7 Å². The van der Waals surface area contributed by atoms with E-state index in [1.165, 1.54) is 11.1 Å². The molecule has 24 heavy (non-hydrogen) atoms. The van der Waals surface area contributed by atoms with Gasteiger partial charge in [-0.2, -0.15) is 5.10 Å². The maximum atomic E-state index is 12.7. The number of benzene rings is 1. The Kier molecular flexibility index (Phi) is 5.00. The lowest BCUT2D eigenvalue weighted by molar-refractivity contribution is -0.125. The van der Waals surface area contributed by atoms with Crippen molar-refractivity contribution in [2.75, 3.05) is 13.1 Å². The van der Waals surface area contributed by atoms with Gasteiger partial charge in [0, 0.05) is 38.3 Å². The monoisotopic (exact) mass is 326 g/mol. The van der Waals surface area contributed by atoms with Gasteiger partial charge in [0.05, 0.1) is 12.1 Å². The first-order valence-electron chi connectivity index (χ1n) is 8.58. The number of aromatic nitrogens is 2. The molecule has 1 aromatic carbocycles. The standard InChI is InChI=1S/C19H26N4O/c1-13-6-4-5-7-15(13)8-14(2)22-19(24)18-11-20-10-17(18)16-9-21-23(3)12-16/h4-7,9,12,14,17-18,20H,8,10-11H2,1-3H3,(H,22,24)/t14?,17-,18+/m1/s1. The summed E-state index contributed by atoms with van der Waals surface area (Å²) in [6.07, 6.45) is 4.74. The van der Waals surface area contributed by atoms with Crippen molar-refractivity contribution in [3.05, 3.63) is 53.3 Å². The molecule has 0 aliphatic carbocycles. The van der Waals surface area contributed by atoms with Crippen LogP contribution in [-0.2, 0) is 18.3 Å². The van der Waals surface area contributed by atoms with Crippen molar-refractivity contribution in [3.63, 3.8) is 0 Å². The first-order valence-corrected chi connectivity index (χ1v) is 8.58. The second kappa shape index (κ2) is 7.18. The smallest absolute Gasteiger partial charge is 0.225 e. The van der Waals surface area contributed by atoms with E-state index < -0.39 is 0 Å². The first-order chi connectivity index (χ1) is 11.5. The number of rotatable bonds is 5. The zero-order chi connectivity index (χ0) is 17.1. The van der Waals surface area contributed by atoms with Gasteiger partial charge in [-0.3, -0.25) is 9.48 Å². The lowest BCUT2D eigenvalue weighted by Gasteiger charge is -2.21. The number of aryl methyl sites for hydroxylation is 2. The van der Waals surface area contributed by atoms with E-state index in [4.69, 9.17) is 0 Å². The second-order valence-corrected chi connectivity index (χ2v) is 6.86. The van der Waals surface area contributed by atoms with Crippen molar-refractivity contribution in [1.29, 1.82) is 0 Å². The van der Waals surface area contributed by atoms with Crippen molar-refractivity contribution >= 4 is 5.91 Å². The number of hydrogen-bond donors (Lipinski definition) is 2. The minimum absolute atomic E-state index is 0.0338. The predicted octanol–water partition coefficient (Wildman–Crippen LogP) is 1.78. The molecule has 1 amide bonds. The zero-order valence-electron chi connectivity index (χ0n) is 14.6. The molecule has 1 unspecified atom stereocenters. The Hall–Kier alpha value is -2.14. The van der Waals surface area contributed by atoms with Crippen LogP contribution in [0.1, 0.15) is 29.5 Å². The van der Waals surface area contributed by atoms with Crippen LogP contribution in [0.5, 0.6) is 0 Å². The molecule has 1 aliphatic heterocycles. The van der Waals surface area contributed by atoms with Crippen LogP contribution in [0.3, 0.4) is 0 Å². The molecule has 3 atom stereocenters. The minimum atomic E-state index is -0.0338. The molecular formula is C19H26N4O. The molecule has 0 radical (unpaired) electrons. The molecule has 0 spiro atoms. The number of amides is 1. The molecule has 1 fully saturated rings. The summed E-state index contributed by atoms with van der Waals surface area (Å²) in [5, 5.41) is 10.8. The van der Waals surface area contributed by atoms with E-state index in [9.17, 15) is 4.79 Å². The fraction of sp³-hybridized carbons (Fsp3) is 0.474. The lowest BCUT2D eigenvalue weighted by Crippen LogP contribution is -2.40. The van der Waals surface area contributed by atoms with Crippen LogP contribution in [0.2, 0.25) is 0 Å². The Balaban J connectivity index is 1.62. The van der Waals surface area contributed by atoms with Crippen molar-refractivity contribution in [1.82, 2.24) is 20.4 Å². The lowest BCUT2D eigenvalue weighted by atomic mass is 9.90. The van der Waals surface area contributed by atoms with Crippen molar-refractivity contribution in [2.24, 2.45) is 13.0 Å². The Morgan fingerprint density at radius 2 is 2.21 bits per heavy atom. The highest BCUT2D eigenvalue weighted by Crippen LogP contribution is 2.28. The molecule has 3 rings (SSSR count). The van der Waals surface area contributed by atoms with Gasteiger partial charge in [-0.25, -0.2) is 0 Å². The van der Waals surface area contributed by atoms with Gasteiger partial charge in [0.1, 0.15) is 0 Å². The molecule has 1 saturated heterocycles. The number of carbonyl (C=O) groups is 1. The third kappa shape index (κ3) is 3.67. The van der Waals surface area contributed by atoms with Crippen molar-refractivity contribution in [2.45, 2.75) is 32.2 Å². The molecule has 128 valence electrons. The van der Waals surface area contributed by atoms with Crippen LogP contribution >= 0.6 is 0 Å². The summed E-state index contributed by atoms with van der Waals surface area (Å²) >= 11 is 0. The van der Waals surface area contributed by atoms with Crippen molar-refractivity contribution < 1.29 is 4.79 Å². The Morgan fingerprint density at radius 1 is 1.42 bits per heavy atom. The molecule has 0 bridgehead atoms. The second-order valence-electron chi connectivity index (χ2n) is 6.86. The summed E-state index contributed by atoms with van der Waals surface area (Å²) in [5.74, 6) is 0.299. The molecule has 1 aliphatic rings. The van der Waals surface area contributed by atoms with E-state index >= 15 is 0 Å². The predicted molar refractivity (Wildman–Crippen MR) is 94.8 cm³/mol. The number of hydrogen-bond acceptors (Lipinski definition) is 3. The van der Waals surface area contributed by atoms with Crippen LogP contribution in [0, 0.1) is 12.8 Å². The fourth-order valence-electron chi connectivity index (χ4n) is 3.51. The van der Waals surface area contributed by atoms with E-state index in [0.717, 1.165) is 25.1 Å². The number of nitrogens with zero attached hydrogens (tertiary/aromatic N) is 2. The van der Waals surface area contributed by atoms with Gasteiger partial charge in [0.2, 0.25) is 5.91 Å². The average Bonchev–Trinajstić information content (AvgIpc) is 3.18. The topological polar surface area (TPSA) is 59.0 Å². The van der Waals surface area contributed by atoms with E-state index in [1.54, 1.807) is 4.68 Å². The first kappa shape index (κ1) is 16.7. The molecule has 5 heteroatoms. The van der Waals surface area contributed by atoms with E-state index in [2.05, 4.69) is 47.8 Å². The van der Waals surface area contributed by atoms with Crippen molar-refractivity contribution in [3.8, 4) is 0 Å². The summed E-state index contributed by atoms with van der Waals surface area (Å²) in [7, 11) is 1.91. The third-order valence-electron chi connectivity index (χ3n) is 4.88. The van der Waals surface area contributed by atoms with Gasteiger partial charge in [-0.05, 0) is 37.0 Å². The summed E-state index contributed by atoms with van der Waals surface area (Å²) in [6, 6.07) is 8.46. The number of nitrogens with one attached hydrogen (secondary N) is 2. The van der Waals surface area contributed by atoms with Gasteiger partial charge < -0.3 is 10.6 Å². The van der Waals surface area contributed by atoms with Gasteiger partial charge in [0.25, 0.3) is 0 Å². The minimum Gasteiger partial charge on any atom is -0.353 e. The van der Waals surface area contributed by atoms with Gasteiger partial charge >= 0.3 is 0 Å². The summed E-state index contributed by atoms with van der Waals surface area (Å²) < 4.78 is 1.80. The van der Waals surface area contributed by atoms with Gasteiger partial charge in [-0.1, -0.05) is 24.3 Å². The molecule has 2 N–H and O–H groups in total. The van der Waals surface area contributed by atoms with E-state index in [1.807, 2.05) is 25.5 Å². The largest absolute Gasteiger partial charge is 0.353 e. The van der Waals surface area contributed by atoms with E-state index in [0.29, 0.717) is 0 Å². The zero-order valence-corrected chi connectivity index (χ0v) is 14.6. The maximum absolute atomic E-state index is 12.7. The fourth-order valence-corrected chi connectivity index (χ4v) is 3.51. The van der Waals surface area contributed by atoms with Crippen LogP contribution < -0.4 is 10.6 Å². The molecule has 5 nitrogen and oxygen atoms in total. The highest BCUT2D eigenvalue weighted by atomic mass is 16.2. The molecule has 0 saturated carbocycles. The summed E-state index contributed by atoms with van der Waals surface area (Å²) in [4.78, 5) is 12.7. The average molecular weight is 326 g/mol. The SMILES string of the molecule is Cc1ccccc1CC(C)NC(=O)[C@H]1CNC[C@@H]1c1cnn(C)c1. The summed E-state index contributed by atoms with van der Waals surface area (Å²) in [6.45, 7) is 5.74. The summed E-state index contributed by atoms with van der Waals surface area (Å²) in [5.41, 5.74) is 3.70. The van der Waals surface area contributed by atoms with Gasteiger partial charge in [-0.15, -0.1) is 0 Å². The quantitative estimate of drug-likeness (QED) is 0.880. The molecule has 1 aromatic heterocycles. The van der Waals surface area contributed by atoms with Gasteiger partial charge in [0.15, 0.2) is 0 Å². The highest BCUT2D eigenvalue weighted by molar-refractivity contribution is 5.80. The van der Waals surface area contributed by atoms with Crippen LogP contribution in [0.4, 0.5) is 0 Å². The molecule has 2 aromatic rings. The Bertz CT molecular complexity index is 709. The van der Waals surface area contributed by atoms with E-state index in [-0.39, 0.29) is 23.8 Å². The van der Waals surface area contributed by atoms with Crippen LogP contribution in [0.25, 0.3) is 0 Å². The Labute approximate surface area is 143 Å². The maximum Gasteiger partial charge on any atom is 0.225 e.